The summed E-state index contributed by atoms with van der Waals surface area (Å²) in [5.74, 6) is 0. The Bertz CT molecular complexity index is 1900. The number of hydrogen-bond donors (Lipinski definition) is 1. The fourth-order valence-corrected chi connectivity index (χ4v) is 5.17. The van der Waals surface area contributed by atoms with Crippen molar-refractivity contribution >= 4 is 11.3 Å². The van der Waals surface area contributed by atoms with E-state index < -0.39 is 0 Å². The third-order valence-electron chi connectivity index (χ3n) is 7.46. The molecule has 0 aliphatic rings. The summed E-state index contributed by atoms with van der Waals surface area (Å²) in [5, 5.41) is 3.27. The molecule has 0 atom stereocenters. The summed E-state index contributed by atoms with van der Waals surface area (Å²) >= 11 is 0. The van der Waals surface area contributed by atoms with Crippen LogP contribution in [0.2, 0.25) is 0 Å². The molecule has 1 heteroatoms. The van der Waals surface area contributed by atoms with Gasteiger partial charge in [-0.05, 0) is 98.1 Å². The summed E-state index contributed by atoms with van der Waals surface area (Å²) in [5.41, 5.74) is 12.7. The number of rotatable bonds is 9. The highest BCUT2D eigenvalue weighted by atomic mass is 14.8. The largest absolute Gasteiger partial charge is 0.362 e. The minimum absolute atomic E-state index is 0.966. The summed E-state index contributed by atoms with van der Waals surface area (Å²) in [6.07, 6.45) is 7.96. The van der Waals surface area contributed by atoms with Crippen LogP contribution in [0.1, 0.15) is 5.56 Å². The first kappa shape index (κ1) is 27.5. The Morgan fingerprint density at radius 1 is 0.419 bits per heavy atom. The second-order valence-corrected chi connectivity index (χ2v) is 10.4. The van der Waals surface area contributed by atoms with Crippen molar-refractivity contribution in [2.24, 2.45) is 0 Å². The van der Waals surface area contributed by atoms with Crippen LogP contribution in [0.25, 0.3) is 50.1 Å². The van der Waals surface area contributed by atoms with Gasteiger partial charge in [-0.15, -0.1) is 0 Å². The van der Waals surface area contributed by atoms with Gasteiger partial charge in [0.25, 0.3) is 0 Å². The van der Waals surface area contributed by atoms with Crippen molar-refractivity contribution in [1.29, 1.82) is 0 Å². The predicted octanol–water partition coefficient (Wildman–Crippen LogP) is 11.5. The summed E-state index contributed by atoms with van der Waals surface area (Å²) in [6.45, 7) is 4.30. The molecule has 0 bridgehead atoms. The third-order valence-corrected chi connectivity index (χ3v) is 7.46. The fourth-order valence-electron chi connectivity index (χ4n) is 5.17. The Hall–Kier alpha value is -5.66. The van der Waals surface area contributed by atoms with Gasteiger partial charge in [0.05, 0.1) is 0 Å². The Labute approximate surface area is 254 Å². The van der Waals surface area contributed by atoms with E-state index in [4.69, 9.17) is 0 Å². The van der Waals surface area contributed by atoms with Gasteiger partial charge in [0.2, 0.25) is 0 Å². The molecule has 1 nitrogen and oxygen atoms in total. The standard InChI is InChI=1S/C42H33N/c1-32(14-8-9-27-43-42-25-6-3-7-26-42)34-17-10-19-36(28-34)38-21-12-23-40(30-38)41-24-13-22-39(31-41)37-20-11-18-35(29-37)33-15-4-2-5-16-33/h2-31,43H,1H2/b14-8-,27-9-. The van der Waals surface area contributed by atoms with Crippen LogP contribution < -0.4 is 5.32 Å². The van der Waals surface area contributed by atoms with Crippen LogP contribution in [-0.4, -0.2) is 0 Å². The van der Waals surface area contributed by atoms with Crippen molar-refractivity contribution in [3.8, 4) is 44.5 Å². The van der Waals surface area contributed by atoms with E-state index in [1.54, 1.807) is 0 Å². The molecule has 0 unspecified atom stereocenters. The molecule has 0 saturated heterocycles. The second-order valence-electron chi connectivity index (χ2n) is 10.4. The summed E-state index contributed by atoms with van der Waals surface area (Å²) in [4.78, 5) is 0. The van der Waals surface area contributed by atoms with E-state index >= 15 is 0 Å². The highest BCUT2D eigenvalue weighted by molar-refractivity contribution is 5.81. The molecule has 0 aliphatic heterocycles. The van der Waals surface area contributed by atoms with Crippen LogP contribution in [0.15, 0.2) is 189 Å². The molecule has 0 fully saturated rings. The summed E-state index contributed by atoms with van der Waals surface area (Å²) in [7, 11) is 0. The van der Waals surface area contributed by atoms with Gasteiger partial charge < -0.3 is 5.32 Å². The Kier molecular flexibility index (Phi) is 8.53. The minimum Gasteiger partial charge on any atom is -0.362 e. The molecule has 0 heterocycles. The zero-order valence-electron chi connectivity index (χ0n) is 24.0. The van der Waals surface area contributed by atoms with E-state index in [0.29, 0.717) is 0 Å². The molecule has 0 radical (unpaired) electrons. The van der Waals surface area contributed by atoms with Crippen LogP contribution >= 0.6 is 0 Å². The normalized spacial score (nSPS) is 11.2. The first-order valence-corrected chi connectivity index (χ1v) is 14.5. The lowest BCUT2D eigenvalue weighted by Gasteiger charge is -2.10. The highest BCUT2D eigenvalue weighted by Gasteiger charge is 2.07. The number of nitrogens with one attached hydrogen (secondary N) is 1. The molecule has 0 amide bonds. The fraction of sp³-hybridized carbons (Fsp3) is 0. The van der Waals surface area contributed by atoms with E-state index in [-0.39, 0.29) is 0 Å². The van der Waals surface area contributed by atoms with Gasteiger partial charge in [0.1, 0.15) is 0 Å². The second kappa shape index (κ2) is 13.3. The van der Waals surface area contributed by atoms with Crippen LogP contribution in [-0.2, 0) is 0 Å². The Morgan fingerprint density at radius 2 is 0.837 bits per heavy atom. The molecular formula is C42H33N. The van der Waals surface area contributed by atoms with E-state index in [2.05, 4.69) is 139 Å². The average Bonchev–Trinajstić information content (AvgIpc) is 3.09. The summed E-state index contributed by atoms with van der Waals surface area (Å²) < 4.78 is 0. The lowest BCUT2D eigenvalue weighted by molar-refractivity contribution is 1.55. The zero-order chi connectivity index (χ0) is 29.3. The SMILES string of the molecule is C=C(/C=C\C=C/Nc1ccccc1)c1cccc(-c2cccc(-c3cccc(-c4cccc(-c5ccccc5)c4)c3)c2)c1. The average molecular weight is 552 g/mol. The molecule has 1 N–H and O–H groups in total. The van der Waals surface area contributed by atoms with Crippen molar-refractivity contribution < 1.29 is 0 Å². The van der Waals surface area contributed by atoms with Gasteiger partial charge in [-0.2, -0.15) is 0 Å². The minimum atomic E-state index is 0.966. The maximum absolute atomic E-state index is 4.30. The number of benzene rings is 6. The van der Waals surface area contributed by atoms with Crippen molar-refractivity contribution in [2.75, 3.05) is 5.32 Å². The third kappa shape index (κ3) is 6.98. The van der Waals surface area contributed by atoms with E-state index in [1.807, 2.05) is 54.8 Å². The molecule has 0 aliphatic carbocycles. The molecule has 0 spiro atoms. The van der Waals surface area contributed by atoms with Gasteiger partial charge in [-0.25, -0.2) is 0 Å². The van der Waals surface area contributed by atoms with Crippen LogP contribution in [0.5, 0.6) is 0 Å². The lowest BCUT2D eigenvalue weighted by Crippen LogP contribution is -1.86. The maximum Gasteiger partial charge on any atom is 0.0379 e. The zero-order valence-corrected chi connectivity index (χ0v) is 24.0. The molecule has 6 aromatic carbocycles. The van der Waals surface area contributed by atoms with E-state index in [9.17, 15) is 0 Å². The first-order chi connectivity index (χ1) is 21.2. The quantitative estimate of drug-likeness (QED) is 0.176. The Morgan fingerprint density at radius 3 is 1.37 bits per heavy atom. The molecule has 206 valence electrons. The van der Waals surface area contributed by atoms with Crippen molar-refractivity contribution in [1.82, 2.24) is 0 Å². The van der Waals surface area contributed by atoms with Crippen LogP contribution in [0.4, 0.5) is 5.69 Å². The number of allylic oxidation sites excluding steroid dienone is 4. The topological polar surface area (TPSA) is 12.0 Å². The molecular weight excluding hydrogens is 518 g/mol. The van der Waals surface area contributed by atoms with Crippen LogP contribution in [0.3, 0.4) is 0 Å². The molecule has 43 heavy (non-hydrogen) atoms. The molecule has 0 aromatic heterocycles. The predicted molar refractivity (Wildman–Crippen MR) is 186 cm³/mol. The maximum atomic E-state index is 4.30. The Balaban J connectivity index is 1.19. The van der Waals surface area contributed by atoms with Gasteiger partial charge >= 0.3 is 0 Å². The summed E-state index contributed by atoms with van der Waals surface area (Å²) in [6, 6.07) is 55.6. The number of hydrogen-bond acceptors (Lipinski definition) is 1. The first-order valence-electron chi connectivity index (χ1n) is 14.5. The monoisotopic (exact) mass is 551 g/mol. The molecule has 0 saturated carbocycles. The van der Waals surface area contributed by atoms with Gasteiger partial charge in [-0.1, -0.05) is 140 Å². The molecule has 6 aromatic rings. The van der Waals surface area contributed by atoms with Crippen molar-refractivity contribution in [3.05, 3.63) is 194 Å². The highest BCUT2D eigenvalue weighted by Crippen LogP contribution is 2.32. The smallest absolute Gasteiger partial charge is 0.0379 e. The number of anilines is 1. The van der Waals surface area contributed by atoms with Gasteiger partial charge in [-0.3, -0.25) is 0 Å². The van der Waals surface area contributed by atoms with Crippen molar-refractivity contribution in [2.45, 2.75) is 0 Å². The number of para-hydroxylation sites is 1. The van der Waals surface area contributed by atoms with Gasteiger partial charge in [0, 0.05) is 11.9 Å². The molecule has 6 rings (SSSR count). The van der Waals surface area contributed by atoms with E-state index in [0.717, 1.165) is 16.8 Å². The lowest BCUT2D eigenvalue weighted by atomic mass is 9.94. The van der Waals surface area contributed by atoms with Crippen LogP contribution in [0, 0.1) is 0 Å². The van der Waals surface area contributed by atoms with Crippen molar-refractivity contribution in [3.63, 3.8) is 0 Å². The van der Waals surface area contributed by atoms with E-state index in [1.165, 1.54) is 44.5 Å². The van der Waals surface area contributed by atoms with Gasteiger partial charge in [0.15, 0.2) is 0 Å².